The summed E-state index contributed by atoms with van der Waals surface area (Å²) in [5.74, 6) is 0. The van der Waals surface area contributed by atoms with Crippen LogP contribution < -0.4 is 0 Å². The van der Waals surface area contributed by atoms with E-state index in [1.54, 1.807) is 6.20 Å². The summed E-state index contributed by atoms with van der Waals surface area (Å²) in [7, 11) is 0. The first-order chi connectivity index (χ1) is 9.33. The lowest BCUT2D eigenvalue weighted by atomic mass is 10.0. The number of aromatic nitrogens is 1. The number of aryl methyl sites for hydroxylation is 2. The molecule has 0 saturated heterocycles. The Kier molecular flexibility index (Phi) is 3.47. The van der Waals surface area contributed by atoms with E-state index < -0.39 is 0 Å². The molecule has 3 aromatic rings. The maximum absolute atomic E-state index is 6.14. The first kappa shape index (κ1) is 12.2. The largest absolute Gasteiger partial charge is 0.256 e. The van der Waals surface area contributed by atoms with Gasteiger partial charge in [-0.05, 0) is 36.1 Å². The average Bonchev–Trinajstić information content (AvgIpc) is 2.46. The van der Waals surface area contributed by atoms with E-state index in [4.69, 9.17) is 11.6 Å². The molecule has 0 amide bonds. The van der Waals surface area contributed by atoms with Gasteiger partial charge < -0.3 is 0 Å². The number of hydrogen-bond donors (Lipinski definition) is 0. The number of benzene rings is 2. The van der Waals surface area contributed by atoms with Gasteiger partial charge in [0.05, 0.1) is 10.5 Å². The quantitative estimate of drug-likeness (QED) is 0.672. The van der Waals surface area contributed by atoms with E-state index in [0.29, 0.717) is 0 Å². The Balaban J connectivity index is 1.82. The van der Waals surface area contributed by atoms with Gasteiger partial charge in [0.15, 0.2) is 0 Å². The first-order valence-corrected chi connectivity index (χ1v) is 6.78. The van der Waals surface area contributed by atoms with Gasteiger partial charge in [-0.15, -0.1) is 0 Å². The van der Waals surface area contributed by atoms with E-state index in [2.05, 4.69) is 47.4 Å². The van der Waals surface area contributed by atoms with Crippen molar-refractivity contribution >= 4 is 22.5 Å². The summed E-state index contributed by atoms with van der Waals surface area (Å²) in [6.07, 6.45) is 3.83. The Bertz CT molecular complexity index is 692. The van der Waals surface area contributed by atoms with E-state index >= 15 is 0 Å². The predicted octanol–water partition coefficient (Wildman–Crippen LogP) is 4.67. The molecule has 2 aromatic carbocycles. The molecule has 1 nitrogen and oxygen atoms in total. The van der Waals surface area contributed by atoms with Crippen LogP contribution in [-0.2, 0) is 12.8 Å². The van der Waals surface area contributed by atoms with E-state index in [9.17, 15) is 0 Å². The molecule has 0 unspecified atom stereocenters. The third-order valence-electron chi connectivity index (χ3n) is 3.30. The van der Waals surface area contributed by atoms with Crippen LogP contribution in [0.2, 0.25) is 5.02 Å². The average molecular weight is 268 g/mol. The molecular formula is C17H14ClN. The molecule has 0 aliphatic carbocycles. The maximum Gasteiger partial charge on any atom is 0.0719 e. The number of rotatable bonds is 3. The van der Waals surface area contributed by atoms with E-state index in [1.165, 1.54) is 11.1 Å². The van der Waals surface area contributed by atoms with Crippen LogP contribution in [0.25, 0.3) is 10.9 Å². The van der Waals surface area contributed by atoms with Crippen molar-refractivity contribution in [1.82, 2.24) is 4.98 Å². The van der Waals surface area contributed by atoms with Crippen molar-refractivity contribution in [3.05, 3.63) is 76.9 Å². The fourth-order valence-corrected chi connectivity index (χ4v) is 2.46. The third-order valence-corrected chi connectivity index (χ3v) is 3.63. The van der Waals surface area contributed by atoms with Crippen LogP contribution in [-0.4, -0.2) is 4.98 Å². The second-order valence-corrected chi connectivity index (χ2v) is 5.04. The molecule has 94 valence electrons. The molecule has 2 heteroatoms. The third kappa shape index (κ3) is 2.77. The zero-order valence-corrected chi connectivity index (χ0v) is 11.3. The van der Waals surface area contributed by atoms with Gasteiger partial charge in [-0.2, -0.15) is 0 Å². The molecule has 0 bridgehead atoms. The van der Waals surface area contributed by atoms with Crippen molar-refractivity contribution in [2.75, 3.05) is 0 Å². The molecule has 0 aliphatic rings. The molecule has 0 saturated carbocycles. The van der Waals surface area contributed by atoms with Gasteiger partial charge in [0.25, 0.3) is 0 Å². The number of halogens is 1. The number of pyridine rings is 1. The van der Waals surface area contributed by atoms with Crippen LogP contribution in [0, 0.1) is 0 Å². The van der Waals surface area contributed by atoms with Gasteiger partial charge in [0.1, 0.15) is 0 Å². The minimum absolute atomic E-state index is 0.764. The van der Waals surface area contributed by atoms with Crippen molar-refractivity contribution in [2.24, 2.45) is 0 Å². The summed E-state index contributed by atoms with van der Waals surface area (Å²) in [4.78, 5) is 4.37. The molecule has 19 heavy (non-hydrogen) atoms. The molecule has 1 heterocycles. The van der Waals surface area contributed by atoms with E-state index in [-0.39, 0.29) is 0 Å². The Labute approximate surface area is 117 Å². The van der Waals surface area contributed by atoms with Crippen LogP contribution in [0.5, 0.6) is 0 Å². The number of fused-ring (bicyclic) bond motifs is 1. The smallest absolute Gasteiger partial charge is 0.0719 e. The van der Waals surface area contributed by atoms with Gasteiger partial charge >= 0.3 is 0 Å². The van der Waals surface area contributed by atoms with Crippen molar-refractivity contribution in [2.45, 2.75) is 12.8 Å². The van der Waals surface area contributed by atoms with Gasteiger partial charge in [-0.25, -0.2) is 0 Å². The van der Waals surface area contributed by atoms with Gasteiger partial charge in [-0.1, -0.05) is 54.1 Å². The fourth-order valence-electron chi connectivity index (χ4n) is 2.25. The summed E-state index contributed by atoms with van der Waals surface area (Å²) in [6.45, 7) is 0. The molecule has 0 spiro atoms. The van der Waals surface area contributed by atoms with Crippen LogP contribution in [0.15, 0.2) is 60.8 Å². The molecule has 0 atom stereocenters. The maximum atomic E-state index is 6.14. The second kappa shape index (κ2) is 5.41. The molecular weight excluding hydrogens is 254 g/mol. The Morgan fingerprint density at radius 2 is 1.63 bits per heavy atom. The lowest BCUT2D eigenvalue weighted by molar-refractivity contribution is 0.962. The van der Waals surface area contributed by atoms with Gasteiger partial charge in [0.2, 0.25) is 0 Å². The summed E-state index contributed by atoms with van der Waals surface area (Å²) in [5.41, 5.74) is 3.63. The minimum atomic E-state index is 0.764. The fraction of sp³-hybridized carbons (Fsp3) is 0.118. The Hall–Kier alpha value is -1.86. The summed E-state index contributed by atoms with van der Waals surface area (Å²) >= 11 is 6.14. The first-order valence-electron chi connectivity index (χ1n) is 6.40. The highest BCUT2D eigenvalue weighted by molar-refractivity contribution is 6.35. The highest BCUT2D eigenvalue weighted by Gasteiger charge is 2.01. The highest BCUT2D eigenvalue weighted by Crippen LogP contribution is 2.22. The normalized spacial score (nSPS) is 10.8. The Morgan fingerprint density at radius 1 is 0.842 bits per heavy atom. The topological polar surface area (TPSA) is 12.9 Å². The zero-order chi connectivity index (χ0) is 13.1. The summed E-state index contributed by atoms with van der Waals surface area (Å²) < 4.78 is 0. The van der Waals surface area contributed by atoms with Crippen LogP contribution >= 0.6 is 11.6 Å². The van der Waals surface area contributed by atoms with Crippen molar-refractivity contribution in [1.29, 1.82) is 0 Å². The second-order valence-electron chi connectivity index (χ2n) is 4.63. The number of nitrogens with zero attached hydrogens (tertiary/aromatic N) is 1. The summed E-state index contributed by atoms with van der Waals surface area (Å²) in [5, 5.41) is 1.78. The molecule has 0 aliphatic heterocycles. The molecule has 3 rings (SSSR count). The van der Waals surface area contributed by atoms with Crippen LogP contribution in [0.4, 0.5) is 0 Å². The lowest BCUT2D eigenvalue weighted by Gasteiger charge is -2.05. The lowest BCUT2D eigenvalue weighted by Crippen LogP contribution is -1.91. The van der Waals surface area contributed by atoms with Gasteiger partial charge in [0, 0.05) is 11.6 Å². The van der Waals surface area contributed by atoms with Crippen molar-refractivity contribution in [3.8, 4) is 0 Å². The zero-order valence-electron chi connectivity index (χ0n) is 10.5. The van der Waals surface area contributed by atoms with Crippen LogP contribution in [0.1, 0.15) is 11.1 Å². The minimum Gasteiger partial charge on any atom is -0.256 e. The Morgan fingerprint density at radius 3 is 2.47 bits per heavy atom. The van der Waals surface area contributed by atoms with E-state index in [0.717, 1.165) is 28.8 Å². The van der Waals surface area contributed by atoms with Crippen molar-refractivity contribution < 1.29 is 0 Å². The molecule has 0 fully saturated rings. The molecule has 0 N–H and O–H groups in total. The van der Waals surface area contributed by atoms with Gasteiger partial charge in [-0.3, -0.25) is 4.98 Å². The van der Waals surface area contributed by atoms with Crippen molar-refractivity contribution in [3.63, 3.8) is 0 Å². The summed E-state index contributed by atoms with van der Waals surface area (Å²) in [6, 6.07) is 18.7. The highest BCUT2D eigenvalue weighted by atomic mass is 35.5. The monoisotopic (exact) mass is 267 g/mol. The standard InChI is InChI=1S/C17H14ClN/c18-16-10-11-19-17-12-14(8-9-15(16)17)7-6-13-4-2-1-3-5-13/h1-5,8-12H,6-7H2. The van der Waals surface area contributed by atoms with E-state index in [1.807, 2.05) is 12.1 Å². The van der Waals surface area contributed by atoms with Crippen LogP contribution in [0.3, 0.4) is 0 Å². The SMILES string of the molecule is Clc1ccnc2cc(CCc3ccccc3)ccc12. The molecule has 0 radical (unpaired) electrons. The number of hydrogen-bond acceptors (Lipinski definition) is 1. The molecule has 1 aromatic heterocycles. The predicted molar refractivity (Wildman–Crippen MR) is 80.6 cm³/mol.